The van der Waals surface area contributed by atoms with Crippen LogP contribution in [0, 0.1) is 0 Å². The van der Waals surface area contributed by atoms with Gasteiger partial charge >= 0.3 is 19.5 Å². The van der Waals surface area contributed by atoms with Gasteiger partial charge in [-0.1, -0.05) is 30.3 Å². The molecule has 17 heavy (non-hydrogen) atoms. The Kier molecular flexibility index (Phi) is 5.40. The van der Waals surface area contributed by atoms with Crippen LogP contribution in [0.4, 0.5) is 5.69 Å². The third-order valence-electron chi connectivity index (χ3n) is 2.19. The van der Waals surface area contributed by atoms with Gasteiger partial charge in [-0.05, 0) is 24.3 Å². The van der Waals surface area contributed by atoms with E-state index in [1.807, 2.05) is 42.5 Å². The zero-order chi connectivity index (χ0) is 11.4. The van der Waals surface area contributed by atoms with Crippen LogP contribution in [0.15, 0.2) is 59.5 Å². The summed E-state index contributed by atoms with van der Waals surface area (Å²) in [6, 6.07) is 16.5. The standard InChI is InChI=1S/C13H11NOS.Zn/c15-13(10-6-2-1-3-7-10)14-11-8-4-5-9-12(11)16;/h1-9,16H,(H,14,15);/q;+2. The van der Waals surface area contributed by atoms with Gasteiger partial charge in [0.05, 0.1) is 5.69 Å². The van der Waals surface area contributed by atoms with Crippen LogP contribution >= 0.6 is 12.6 Å². The summed E-state index contributed by atoms with van der Waals surface area (Å²) in [5.41, 5.74) is 1.36. The summed E-state index contributed by atoms with van der Waals surface area (Å²) in [7, 11) is 0. The molecular formula is C13H11NOSZn+2. The molecule has 0 saturated carbocycles. The molecule has 0 atom stereocenters. The van der Waals surface area contributed by atoms with Crippen LogP contribution in [-0.2, 0) is 19.5 Å². The predicted molar refractivity (Wildman–Crippen MR) is 68.1 cm³/mol. The van der Waals surface area contributed by atoms with Gasteiger partial charge in [0.25, 0.3) is 5.91 Å². The van der Waals surface area contributed by atoms with Gasteiger partial charge in [0.2, 0.25) is 0 Å². The minimum absolute atomic E-state index is 0. The van der Waals surface area contributed by atoms with Crippen molar-refractivity contribution >= 4 is 24.2 Å². The number of benzene rings is 2. The van der Waals surface area contributed by atoms with Crippen LogP contribution < -0.4 is 5.32 Å². The summed E-state index contributed by atoms with van der Waals surface area (Å²) in [6.45, 7) is 0. The molecule has 0 aromatic heterocycles. The first-order valence-corrected chi connectivity index (χ1v) is 5.36. The van der Waals surface area contributed by atoms with Gasteiger partial charge in [-0.25, -0.2) is 0 Å². The molecular weight excluding hydrogens is 284 g/mol. The second-order valence-electron chi connectivity index (χ2n) is 3.34. The summed E-state index contributed by atoms with van der Waals surface area (Å²) in [5.74, 6) is -0.123. The first-order chi connectivity index (χ1) is 7.77. The van der Waals surface area contributed by atoms with Gasteiger partial charge in [-0.3, -0.25) is 4.79 Å². The van der Waals surface area contributed by atoms with Crippen molar-refractivity contribution in [2.24, 2.45) is 0 Å². The first kappa shape index (κ1) is 13.9. The van der Waals surface area contributed by atoms with Crippen LogP contribution in [0.2, 0.25) is 0 Å². The minimum Gasteiger partial charge on any atom is -0.321 e. The Balaban J connectivity index is 0.00000144. The van der Waals surface area contributed by atoms with Crippen molar-refractivity contribution in [3.8, 4) is 0 Å². The van der Waals surface area contributed by atoms with E-state index in [-0.39, 0.29) is 25.4 Å². The molecule has 80 valence electrons. The molecule has 0 spiro atoms. The fraction of sp³-hybridized carbons (Fsp3) is 0. The van der Waals surface area contributed by atoms with E-state index in [1.54, 1.807) is 12.1 Å². The van der Waals surface area contributed by atoms with E-state index < -0.39 is 0 Å². The maximum Gasteiger partial charge on any atom is 2.00 e. The van der Waals surface area contributed by atoms with E-state index >= 15 is 0 Å². The number of rotatable bonds is 2. The Morgan fingerprint density at radius 2 is 1.53 bits per heavy atom. The first-order valence-electron chi connectivity index (χ1n) is 4.92. The van der Waals surface area contributed by atoms with E-state index in [2.05, 4.69) is 17.9 Å². The zero-order valence-corrected chi connectivity index (χ0v) is 13.1. The Bertz CT molecular complexity index is 502. The summed E-state index contributed by atoms with van der Waals surface area (Å²) in [4.78, 5) is 12.6. The van der Waals surface area contributed by atoms with Crippen molar-refractivity contribution in [1.29, 1.82) is 0 Å². The largest absolute Gasteiger partial charge is 2.00 e. The SMILES string of the molecule is O=C(Nc1ccccc1S)c1ccccc1.[Zn+2]. The van der Waals surface area contributed by atoms with Gasteiger partial charge in [0, 0.05) is 10.5 Å². The number of nitrogens with one attached hydrogen (secondary N) is 1. The van der Waals surface area contributed by atoms with Crippen molar-refractivity contribution in [1.82, 2.24) is 0 Å². The normalized spacial score (nSPS) is 9.24. The second-order valence-corrected chi connectivity index (χ2v) is 3.82. The molecule has 0 bridgehead atoms. The van der Waals surface area contributed by atoms with Crippen LogP contribution in [0.25, 0.3) is 0 Å². The monoisotopic (exact) mass is 293 g/mol. The number of amides is 1. The number of para-hydroxylation sites is 1. The molecule has 0 radical (unpaired) electrons. The molecule has 0 fully saturated rings. The molecule has 0 aliphatic heterocycles. The molecule has 2 aromatic rings. The van der Waals surface area contributed by atoms with Gasteiger partial charge in [0.1, 0.15) is 0 Å². The average molecular weight is 295 g/mol. The van der Waals surface area contributed by atoms with Gasteiger partial charge in [0.15, 0.2) is 0 Å². The molecule has 2 rings (SSSR count). The summed E-state index contributed by atoms with van der Waals surface area (Å²) in [5, 5.41) is 2.81. The van der Waals surface area contributed by atoms with Crippen LogP contribution in [0.3, 0.4) is 0 Å². The average Bonchev–Trinajstić information content (AvgIpc) is 2.33. The van der Waals surface area contributed by atoms with Crippen LogP contribution in [0.5, 0.6) is 0 Å². The molecule has 0 aliphatic rings. The van der Waals surface area contributed by atoms with Crippen LogP contribution in [0.1, 0.15) is 10.4 Å². The predicted octanol–water partition coefficient (Wildman–Crippen LogP) is 3.23. The third-order valence-corrected chi connectivity index (χ3v) is 2.58. The molecule has 0 aliphatic carbocycles. The fourth-order valence-corrected chi connectivity index (χ4v) is 1.58. The zero-order valence-electron chi connectivity index (χ0n) is 9.26. The molecule has 1 amide bonds. The topological polar surface area (TPSA) is 29.1 Å². The number of carbonyl (C=O) groups is 1. The van der Waals surface area contributed by atoms with E-state index in [9.17, 15) is 4.79 Å². The molecule has 2 nitrogen and oxygen atoms in total. The maximum atomic E-state index is 11.8. The Hall–Kier alpha value is -1.12. The van der Waals surface area contributed by atoms with Gasteiger partial charge in [-0.2, -0.15) is 0 Å². The summed E-state index contributed by atoms with van der Waals surface area (Å²) < 4.78 is 0. The van der Waals surface area contributed by atoms with E-state index in [4.69, 9.17) is 0 Å². The van der Waals surface area contributed by atoms with Crippen molar-refractivity contribution in [3.05, 3.63) is 60.2 Å². The second kappa shape index (κ2) is 6.58. The van der Waals surface area contributed by atoms with E-state index in [1.165, 1.54) is 0 Å². The van der Waals surface area contributed by atoms with Crippen LogP contribution in [-0.4, -0.2) is 5.91 Å². The number of anilines is 1. The van der Waals surface area contributed by atoms with Crippen molar-refractivity contribution < 1.29 is 24.3 Å². The molecule has 2 aromatic carbocycles. The Labute approximate surface area is 119 Å². The van der Waals surface area contributed by atoms with E-state index in [0.29, 0.717) is 5.56 Å². The summed E-state index contributed by atoms with van der Waals surface area (Å²) >= 11 is 4.27. The third kappa shape index (κ3) is 3.69. The number of hydrogen-bond acceptors (Lipinski definition) is 2. The summed E-state index contributed by atoms with van der Waals surface area (Å²) in [6.07, 6.45) is 0. The maximum absolute atomic E-state index is 11.8. The Morgan fingerprint density at radius 1 is 0.941 bits per heavy atom. The smallest absolute Gasteiger partial charge is 0.321 e. The van der Waals surface area contributed by atoms with Crippen molar-refractivity contribution in [2.45, 2.75) is 4.90 Å². The molecule has 4 heteroatoms. The molecule has 1 N–H and O–H groups in total. The van der Waals surface area contributed by atoms with Gasteiger partial charge < -0.3 is 5.32 Å². The number of hydrogen-bond donors (Lipinski definition) is 2. The minimum atomic E-state index is -0.123. The number of thiol groups is 1. The number of carbonyl (C=O) groups excluding carboxylic acids is 1. The molecule has 0 saturated heterocycles. The van der Waals surface area contributed by atoms with Crippen molar-refractivity contribution in [2.75, 3.05) is 5.32 Å². The molecule has 0 heterocycles. The van der Waals surface area contributed by atoms with E-state index in [0.717, 1.165) is 10.6 Å². The van der Waals surface area contributed by atoms with Gasteiger partial charge in [-0.15, -0.1) is 12.6 Å². The van der Waals surface area contributed by atoms with Crippen molar-refractivity contribution in [3.63, 3.8) is 0 Å². The fourth-order valence-electron chi connectivity index (χ4n) is 1.36. The molecule has 0 unspecified atom stereocenters. The quantitative estimate of drug-likeness (QED) is 0.646. The Morgan fingerprint density at radius 3 is 2.18 bits per heavy atom.